The molecular formula is C29H35N5O3. The first-order chi connectivity index (χ1) is 17.9. The van der Waals surface area contributed by atoms with Crippen LogP contribution < -0.4 is 25.6 Å². The molecule has 0 radical (unpaired) electrons. The number of nitrogens with zero attached hydrogens (tertiary/aromatic N) is 2. The lowest BCUT2D eigenvalue weighted by atomic mass is 10.1. The van der Waals surface area contributed by atoms with Crippen molar-refractivity contribution in [3.8, 4) is 5.75 Å². The number of rotatable bonds is 6. The second-order valence-electron chi connectivity index (χ2n) is 9.20. The molecule has 3 N–H and O–H groups in total. The minimum Gasteiger partial charge on any atom is -0.495 e. The Morgan fingerprint density at radius 3 is 2.30 bits per heavy atom. The van der Waals surface area contributed by atoms with Crippen molar-refractivity contribution in [1.29, 1.82) is 0 Å². The van der Waals surface area contributed by atoms with Crippen molar-refractivity contribution in [2.24, 2.45) is 0 Å². The van der Waals surface area contributed by atoms with Gasteiger partial charge in [0.2, 0.25) is 0 Å². The highest BCUT2D eigenvalue weighted by Gasteiger charge is 2.22. The highest BCUT2D eigenvalue weighted by molar-refractivity contribution is 6.00. The number of amides is 4. The van der Waals surface area contributed by atoms with Crippen molar-refractivity contribution in [3.63, 3.8) is 0 Å². The summed E-state index contributed by atoms with van der Waals surface area (Å²) in [5.74, 6) is 0.605. The Morgan fingerprint density at radius 2 is 1.62 bits per heavy atom. The van der Waals surface area contributed by atoms with Gasteiger partial charge in [-0.3, -0.25) is 0 Å². The lowest BCUT2D eigenvalue weighted by molar-refractivity contribution is 0.208. The van der Waals surface area contributed by atoms with E-state index in [0.717, 1.165) is 47.6 Å². The maximum Gasteiger partial charge on any atom is 0.323 e. The van der Waals surface area contributed by atoms with Gasteiger partial charge in [-0.2, -0.15) is 0 Å². The number of methoxy groups -OCH3 is 1. The minimum atomic E-state index is -0.337. The molecule has 1 aliphatic rings. The molecule has 1 fully saturated rings. The van der Waals surface area contributed by atoms with Crippen LogP contribution in [-0.2, 0) is 6.42 Å². The van der Waals surface area contributed by atoms with Crippen LogP contribution in [0.4, 0.5) is 32.3 Å². The summed E-state index contributed by atoms with van der Waals surface area (Å²) < 4.78 is 5.33. The van der Waals surface area contributed by atoms with Crippen molar-refractivity contribution in [2.75, 3.05) is 54.1 Å². The predicted molar refractivity (Wildman–Crippen MR) is 150 cm³/mol. The summed E-state index contributed by atoms with van der Waals surface area (Å²) >= 11 is 0. The number of aryl methyl sites for hydroxylation is 3. The number of carbonyl (C=O) groups is 2. The lowest BCUT2D eigenvalue weighted by Crippen LogP contribution is -2.50. The molecule has 1 saturated heterocycles. The number of anilines is 4. The van der Waals surface area contributed by atoms with Crippen LogP contribution >= 0.6 is 0 Å². The molecular weight excluding hydrogens is 466 g/mol. The van der Waals surface area contributed by atoms with E-state index in [9.17, 15) is 9.59 Å². The molecule has 4 amide bonds. The minimum absolute atomic E-state index is 0.0561. The van der Waals surface area contributed by atoms with Crippen LogP contribution in [0.3, 0.4) is 0 Å². The van der Waals surface area contributed by atoms with Crippen molar-refractivity contribution < 1.29 is 14.3 Å². The summed E-state index contributed by atoms with van der Waals surface area (Å²) in [6.07, 6.45) is 0.873. The molecule has 4 rings (SSSR count). The molecule has 0 unspecified atom stereocenters. The van der Waals surface area contributed by atoms with E-state index in [-0.39, 0.29) is 12.1 Å². The third kappa shape index (κ3) is 6.33. The average molecular weight is 502 g/mol. The fraction of sp³-hybridized carbons (Fsp3) is 0.310. The Bertz CT molecular complexity index is 1250. The maximum atomic E-state index is 12.9. The first-order valence-electron chi connectivity index (χ1n) is 12.6. The molecule has 0 bridgehead atoms. The van der Waals surface area contributed by atoms with E-state index in [1.807, 2.05) is 73.3 Å². The van der Waals surface area contributed by atoms with Crippen molar-refractivity contribution >= 4 is 34.8 Å². The molecule has 0 aromatic heterocycles. The predicted octanol–water partition coefficient (Wildman–Crippen LogP) is 5.87. The van der Waals surface area contributed by atoms with Gasteiger partial charge in [-0.15, -0.1) is 0 Å². The lowest BCUT2D eigenvalue weighted by Gasteiger charge is -2.36. The van der Waals surface area contributed by atoms with Crippen LogP contribution in [0.15, 0.2) is 60.7 Å². The number of piperazine rings is 1. The first kappa shape index (κ1) is 25.9. The molecule has 1 aliphatic heterocycles. The smallest absolute Gasteiger partial charge is 0.323 e. The molecule has 0 atom stereocenters. The zero-order valence-electron chi connectivity index (χ0n) is 21.9. The summed E-state index contributed by atoms with van der Waals surface area (Å²) in [5.41, 5.74) is 6.53. The van der Waals surface area contributed by atoms with Gasteiger partial charge in [-0.05, 0) is 73.4 Å². The first-order valence-corrected chi connectivity index (χ1v) is 12.6. The van der Waals surface area contributed by atoms with Gasteiger partial charge in [0, 0.05) is 43.2 Å². The summed E-state index contributed by atoms with van der Waals surface area (Å²) in [4.78, 5) is 29.5. The summed E-state index contributed by atoms with van der Waals surface area (Å²) in [6, 6.07) is 19.1. The van der Waals surface area contributed by atoms with Crippen LogP contribution in [0, 0.1) is 13.8 Å². The average Bonchev–Trinajstić information content (AvgIpc) is 2.90. The second kappa shape index (κ2) is 11.7. The number of ether oxygens (including phenoxy) is 1. The molecule has 37 heavy (non-hydrogen) atoms. The van der Waals surface area contributed by atoms with Crippen LogP contribution in [0.25, 0.3) is 0 Å². The van der Waals surface area contributed by atoms with Crippen LogP contribution in [0.5, 0.6) is 5.75 Å². The molecule has 0 spiro atoms. The molecule has 1 heterocycles. The SMILES string of the molecule is CCc1cccc(C)c1NC(=O)N1CCN(c2ccc(NC(=O)Nc3cc(C)ccc3OC)cc2)CC1. The number of hydrogen-bond acceptors (Lipinski definition) is 4. The molecule has 0 saturated carbocycles. The quantitative estimate of drug-likeness (QED) is 0.394. The van der Waals surface area contributed by atoms with Gasteiger partial charge in [-0.1, -0.05) is 31.2 Å². The Balaban J connectivity index is 1.30. The molecule has 8 nitrogen and oxygen atoms in total. The molecule has 3 aromatic carbocycles. The maximum absolute atomic E-state index is 12.9. The van der Waals surface area contributed by atoms with Gasteiger partial charge >= 0.3 is 12.1 Å². The number of carbonyl (C=O) groups excluding carboxylic acids is 2. The molecule has 0 aliphatic carbocycles. The van der Waals surface area contributed by atoms with E-state index in [1.165, 1.54) is 0 Å². The van der Waals surface area contributed by atoms with E-state index < -0.39 is 0 Å². The highest BCUT2D eigenvalue weighted by Crippen LogP contribution is 2.26. The third-order valence-electron chi connectivity index (χ3n) is 6.63. The van der Waals surface area contributed by atoms with E-state index in [1.54, 1.807) is 7.11 Å². The van der Waals surface area contributed by atoms with Gasteiger partial charge in [-0.25, -0.2) is 9.59 Å². The van der Waals surface area contributed by atoms with Gasteiger partial charge in [0.1, 0.15) is 5.75 Å². The van der Waals surface area contributed by atoms with Gasteiger partial charge < -0.3 is 30.5 Å². The van der Waals surface area contributed by atoms with E-state index in [0.29, 0.717) is 30.2 Å². The van der Waals surface area contributed by atoms with Gasteiger partial charge in [0.05, 0.1) is 12.8 Å². The monoisotopic (exact) mass is 501 g/mol. The number of para-hydroxylation sites is 1. The third-order valence-corrected chi connectivity index (χ3v) is 6.63. The summed E-state index contributed by atoms with van der Waals surface area (Å²) in [7, 11) is 1.57. The van der Waals surface area contributed by atoms with E-state index in [2.05, 4.69) is 33.8 Å². The largest absolute Gasteiger partial charge is 0.495 e. The fourth-order valence-corrected chi connectivity index (χ4v) is 4.52. The van der Waals surface area contributed by atoms with Crippen LogP contribution in [0.1, 0.15) is 23.6 Å². The summed E-state index contributed by atoms with van der Waals surface area (Å²) in [5, 5.41) is 8.83. The number of benzene rings is 3. The Kier molecular flexibility index (Phi) is 8.18. The summed E-state index contributed by atoms with van der Waals surface area (Å²) in [6.45, 7) is 8.83. The Morgan fingerprint density at radius 1 is 0.892 bits per heavy atom. The molecule has 3 aromatic rings. The number of nitrogens with one attached hydrogen (secondary N) is 3. The molecule has 194 valence electrons. The Hall–Kier alpha value is -4.20. The normalized spacial score (nSPS) is 13.2. The Labute approximate surface area is 218 Å². The van der Waals surface area contributed by atoms with Gasteiger partial charge in [0.25, 0.3) is 0 Å². The van der Waals surface area contributed by atoms with E-state index >= 15 is 0 Å². The van der Waals surface area contributed by atoms with Crippen molar-refractivity contribution in [3.05, 3.63) is 77.4 Å². The molecule has 8 heteroatoms. The zero-order chi connectivity index (χ0) is 26.4. The van der Waals surface area contributed by atoms with Crippen molar-refractivity contribution in [2.45, 2.75) is 27.2 Å². The van der Waals surface area contributed by atoms with Crippen LogP contribution in [0.2, 0.25) is 0 Å². The fourth-order valence-electron chi connectivity index (χ4n) is 4.52. The van der Waals surface area contributed by atoms with Gasteiger partial charge in [0.15, 0.2) is 0 Å². The number of urea groups is 2. The standard InChI is InChI=1S/C29H35N5O3/c1-5-22-8-6-7-21(3)27(22)32-29(36)34-17-15-33(16-18-34)24-12-10-23(11-13-24)30-28(35)31-25-19-20(2)9-14-26(25)37-4/h6-14,19H,5,15-18H2,1-4H3,(H,32,36)(H2,30,31,35). The number of hydrogen-bond donors (Lipinski definition) is 3. The van der Waals surface area contributed by atoms with Crippen LogP contribution in [-0.4, -0.2) is 50.3 Å². The van der Waals surface area contributed by atoms with Crippen molar-refractivity contribution in [1.82, 2.24) is 4.90 Å². The van der Waals surface area contributed by atoms with E-state index in [4.69, 9.17) is 4.74 Å². The second-order valence-corrected chi connectivity index (χ2v) is 9.20. The topological polar surface area (TPSA) is 85.9 Å². The highest BCUT2D eigenvalue weighted by atomic mass is 16.5. The zero-order valence-corrected chi connectivity index (χ0v) is 21.9.